The topological polar surface area (TPSA) is 130 Å². The van der Waals surface area contributed by atoms with Crippen LogP contribution in [0.2, 0.25) is 0 Å². The van der Waals surface area contributed by atoms with Crippen LogP contribution in [0.25, 0.3) is 0 Å². The van der Waals surface area contributed by atoms with Gasteiger partial charge in [0.15, 0.2) is 0 Å². The SMILES string of the molecule is CN1CCC(CCO[N+](=O)[O-])CC1.O=C(O)/C=C/C(=O)O. The van der Waals surface area contributed by atoms with E-state index in [1.54, 1.807) is 0 Å². The van der Waals surface area contributed by atoms with Crippen molar-refractivity contribution in [3.05, 3.63) is 22.3 Å². The molecule has 21 heavy (non-hydrogen) atoms. The van der Waals surface area contributed by atoms with Crippen LogP contribution in [0.3, 0.4) is 0 Å². The van der Waals surface area contributed by atoms with Crippen LogP contribution in [0, 0.1) is 16.0 Å². The van der Waals surface area contributed by atoms with Gasteiger partial charge in [-0.3, -0.25) is 0 Å². The fraction of sp³-hybridized carbons (Fsp3) is 0.667. The summed E-state index contributed by atoms with van der Waals surface area (Å²) >= 11 is 0. The molecule has 0 spiro atoms. The zero-order valence-corrected chi connectivity index (χ0v) is 11.8. The lowest BCUT2D eigenvalue weighted by molar-refractivity contribution is -0.758. The molecule has 0 atom stereocenters. The van der Waals surface area contributed by atoms with Crippen molar-refractivity contribution in [3.8, 4) is 0 Å². The highest BCUT2D eigenvalue weighted by Crippen LogP contribution is 2.19. The summed E-state index contributed by atoms with van der Waals surface area (Å²) in [5, 5.41) is 24.8. The van der Waals surface area contributed by atoms with Gasteiger partial charge in [0.05, 0.1) is 6.61 Å². The van der Waals surface area contributed by atoms with Crippen LogP contribution in [0.4, 0.5) is 0 Å². The Morgan fingerprint density at radius 1 is 1.29 bits per heavy atom. The fourth-order valence-corrected chi connectivity index (χ4v) is 1.79. The Bertz CT molecular complexity index is 360. The third-order valence-corrected chi connectivity index (χ3v) is 2.93. The molecule has 1 fully saturated rings. The summed E-state index contributed by atoms with van der Waals surface area (Å²) in [6.07, 6.45) is 4.20. The summed E-state index contributed by atoms with van der Waals surface area (Å²) in [5.41, 5.74) is 0. The number of hydrogen-bond acceptors (Lipinski definition) is 6. The molecule has 2 N–H and O–H groups in total. The minimum absolute atomic E-state index is 0.251. The van der Waals surface area contributed by atoms with Gasteiger partial charge in [0.1, 0.15) is 0 Å². The molecule has 0 aromatic carbocycles. The first-order valence-electron chi connectivity index (χ1n) is 6.41. The highest BCUT2D eigenvalue weighted by atomic mass is 16.9. The van der Waals surface area contributed by atoms with Gasteiger partial charge >= 0.3 is 11.9 Å². The van der Waals surface area contributed by atoms with Crippen LogP contribution in [-0.4, -0.2) is 58.9 Å². The third-order valence-electron chi connectivity index (χ3n) is 2.93. The second kappa shape index (κ2) is 10.6. The maximum Gasteiger partial charge on any atom is 0.328 e. The zero-order valence-electron chi connectivity index (χ0n) is 11.8. The van der Waals surface area contributed by atoms with Crippen LogP contribution < -0.4 is 0 Å². The van der Waals surface area contributed by atoms with E-state index in [0.717, 1.165) is 32.4 Å². The standard InChI is InChI=1S/C8H16N2O3.C4H4O4/c1-9-5-2-8(3-6-9)4-7-13-10(11)12;5-3(6)1-2-4(7)8/h8H,2-7H2,1H3;1-2H,(H,5,6)(H,7,8)/b;2-1+. The number of nitrogens with zero attached hydrogens (tertiary/aromatic N) is 2. The smallest absolute Gasteiger partial charge is 0.328 e. The Hall–Kier alpha value is -2.16. The molecule has 1 aliphatic rings. The fourth-order valence-electron chi connectivity index (χ4n) is 1.79. The molecule has 0 radical (unpaired) electrons. The molecule has 0 aromatic heterocycles. The van der Waals surface area contributed by atoms with Gasteiger partial charge in [-0.25, -0.2) is 9.59 Å². The molecule has 9 heteroatoms. The van der Waals surface area contributed by atoms with Crippen LogP contribution in [0.15, 0.2) is 12.2 Å². The van der Waals surface area contributed by atoms with Crippen LogP contribution >= 0.6 is 0 Å². The Morgan fingerprint density at radius 3 is 2.14 bits per heavy atom. The molecule has 1 heterocycles. The van der Waals surface area contributed by atoms with E-state index >= 15 is 0 Å². The molecule has 1 saturated heterocycles. The number of aliphatic carboxylic acids is 2. The molecule has 0 unspecified atom stereocenters. The Kier molecular flexibility index (Phi) is 9.52. The highest BCUT2D eigenvalue weighted by molar-refractivity contribution is 5.89. The molecule has 0 bridgehead atoms. The molecule has 1 aliphatic heterocycles. The van der Waals surface area contributed by atoms with Gasteiger partial charge in [0.2, 0.25) is 0 Å². The summed E-state index contributed by atoms with van der Waals surface area (Å²) in [4.78, 5) is 35.5. The van der Waals surface area contributed by atoms with Crippen molar-refractivity contribution in [2.45, 2.75) is 19.3 Å². The Balaban J connectivity index is 0.000000433. The number of likely N-dealkylation sites (tertiary alicyclic amines) is 1. The second-order valence-electron chi connectivity index (χ2n) is 4.60. The van der Waals surface area contributed by atoms with Crippen molar-refractivity contribution in [2.75, 3.05) is 26.7 Å². The highest BCUT2D eigenvalue weighted by Gasteiger charge is 2.16. The minimum atomic E-state index is -1.26. The molecular weight excluding hydrogens is 284 g/mol. The second-order valence-corrected chi connectivity index (χ2v) is 4.60. The van der Waals surface area contributed by atoms with Crippen molar-refractivity contribution in [2.24, 2.45) is 5.92 Å². The first kappa shape index (κ1) is 18.8. The minimum Gasteiger partial charge on any atom is -0.478 e. The number of carboxylic acids is 2. The van der Waals surface area contributed by atoms with E-state index in [0.29, 0.717) is 18.1 Å². The predicted molar refractivity (Wildman–Crippen MR) is 72.2 cm³/mol. The molecule has 1 rings (SSSR count). The average molecular weight is 304 g/mol. The third kappa shape index (κ3) is 12.6. The lowest BCUT2D eigenvalue weighted by Crippen LogP contribution is -2.30. The van der Waals surface area contributed by atoms with Gasteiger partial charge in [-0.2, -0.15) is 0 Å². The van der Waals surface area contributed by atoms with E-state index in [4.69, 9.17) is 10.2 Å². The van der Waals surface area contributed by atoms with Gasteiger partial charge < -0.3 is 20.0 Å². The monoisotopic (exact) mass is 304 g/mol. The van der Waals surface area contributed by atoms with Gasteiger partial charge in [-0.1, -0.05) is 0 Å². The molecule has 120 valence electrons. The number of carbonyl (C=O) groups is 2. The quantitative estimate of drug-likeness (QED) is 0.415. The zero-order chi connectivity index (χ0) is 16.3. The first-order chi connectivity index (χ1) is 9.81. The van der Waals surface area contributed by atoms with Gasteiger partial charge in [-0.15, -0.1) is 10.1 Å². The summed E-state index contributed by atoms with van der Waals surface area (Å²) in [6.45, 7) is 2.45. The van der Waals surface area contributed by atoms with Crippen LogP contribution in [0.1, 0.15) is 19.3 Å². The summed E-state index contributed by atoms with van der Waals surface area (Å²) in [5.74, 6) is -1.91. The number of carboxylic acid groups (broad SMARTS) is 2. The lowest BCUT2D eigenvalue weighted by Gasteiger charge is -2.28. The van der Waals surface area contributed by atoms with E-state index in [1.165, 1.54) is 0 Å². The Morgan fingerprint density at radius 2 is 1.76 bits per heavy atom. The maximum atomic E-state index is 9.87. The summed E-state index contributed by atoms with van der Waals surface area (Å²) in [6, 6.07) is 0. The van der Waals surface area contributed by atoms with E-state index in [9.17, 15) is 19.7 Å². The normalized spacial score (nSPS) is 16.0. The van der Waals surface area contributed by atoms with Crippen molar-refractivity contribution >= 4 is 11.9 Å². The number of piperidine rings is 1. The average Bonchev–Trinajstić information content (AvgIpc) is 2.39. The van der Waals surface area contributed by atoms with Crippen molar-refractivity contribution < 1.29 is 29.7 Å². The van der Waals surface area contributed by atoms with E-state index in [-0.39, 0.29) is 6.61 Å². The molecule has 0 saturated carbocycles. The number of hydrogen-bond donors (Lipinski definition) is 2. The predicted octanol–water partition coefficient (Wildman–Crippen LogP) is 0.638. The number of rotatable bonds is 6. The van der Waals surface area contributed by atoms with E-state index < -0.39 is 17.0 Å². The van der Waals surface area contributed by atoms with E-state index in [1.807, 2.05) is 0 Å². The maximum absolute atomic E-state index is 9.87. The molecular formula is C12H20N2O7. The molecule has 9 nitrogen and oxygen atoms in total. The molecule has 0 aliphatic carbocycles. The van der Waals surface area contributed by atoms with Gasteiger partial charge in [0.25, 0.3) is 5.09 Å². The van der Waals surface area contributed by atoms with Crippen LogP contribution in [-0.2, 0) is 14.4 Å². The summed E-state index contributed by atoms with van der Waals surface area (Å²) < 4.78 is 0. The largest absolute Gasteiger partial charge is 0.478 e. The Labute approximate surface area is 121 Å². The molecule has 0 aromatic rings. The van der Waals surface area contributed by atoms with Crippen molar-refractivity contribution in [1.82, 2.24) is 4.90 Å². The summed E-state index contributed by atoms with van der Waals surface area (Å²) in [7, 11) is 2.10. The van der Waals surface area contributed by atoms with E-state index in [2.05, 4.69) is 16.8 Å². The van der Waals surface area contributed by atoms with Crippen molar-refractivity contribution in [3.63, 3.8) is 0 Å². The first-order valence-corrected chi connectivity index (χ1v) is 6.41. The molecule has 0 amide bonds. The lowest BCUT2D eigenvalue weighted by atomic mass is 9.94. The van der Waals surface area contributed by atoms with Crippen molar-refractivity contribution in [1.29, 1.82) is 0 Å². The van der Waals surface area contributed by atoms with Gasteiger partial charge in [0, 0.05) is 12.2 Å². The van der Waals surface area contributed by atoms with Gasteiger partial charge in [-0.05, 0) is 45.3 Å². The van der Waals surface area contributed by atoms with Crippen LogP contribution in [0.5, 0.6) is 0 Å².